The van der Waals surface area contributed by atoms with Gasteiger partial charge in [0.2, 0.25) is 0 Å². The molecule has 0 atom stereocenters. The highest BCUT2D eigenvalue weighted by molar-refractivity contribution is 6.14. The Labute approximate surface area is 137 Å². The molecule has 4 aromatic carbocycles. The molecule has 0 saturated carbocycles. The van der Waals surface area contributed by atoms with Crippen LogP contribution in [-0.2, 0) is 0 Å². The van der Waals surface area contributed by atoms with Crippen LogP contribution >= 0.6 is 0 Å². The van der Waals surface area contributed by atoms with Crippen LogP contribution in [0.2, 0.25) is 0 Å². The summed E-state index contributed by atoms with van der Waals surface area (Å²) in [5, 5.41) is 0. The Balaban J connectivity index is 0.00000144. The molecule has 0 aliphatic heterocycles. The summed E-state index contributed by atoms with van der Waals surface area (Å²) in [6, 6.07) is 31.9. The molecular weight excluding hydrogens is 288 g/mol. The van der Waals surface area contributed by atoms with Crippen LogP contribution in [0.15, 0.2) is 91.0 Å². The van der Waals surface area contributed by atoms with Crippen LogP contribution in [0.3, 0.4) is 0 Å². The molecule has 0 aliphatic rings. The van der Waals surface area contributed by atoms with E-state index in [1.165, 1.54) is 33.4 Å². The Bertz CT molecular complexity index is 689. The van der Waals surface area contributed by atoms with Gasteiger partial charge >= 0.3 is 0 Å². The van der Waals surface area contributed by atoms with Gasteiger partial charge in [0.1, 0.15) is 16.7 Å². The van der Waals surface area contributed by atoms with Crippen molar-refractivity contribution < 1.29 is 12.4 Å². The molecule has 0 heterocycles. The first-order valence-corrected chi connectivity index (χ1v) is 7.23. The van der Waals surface area contributed by atoms with Crippen LogP contribution in [0.4, 0.5) is 0 Å². The van der Waals surface area contributed by atoms with Crippen molar-refractivity contribution in [1.82, 2.24) is 0 Å². The van der Waals surface area contributed by atoms with Crippen molar-refractivity contribution in [2.45, 2.75) is 0 Å². The van der Waals surface area contributed by atoms with Crippen molar-refractivity contribution in [1.29, 1.82) is 0 Å². The lowest BCUT2D eigenvalue weighted by Crippen LogP contribution is -3.00. The van der Waals surface area contributed by atoms with Gasteiger partial charge in [0.15, 0.2) is 0 Å². The average molecular weight is 303 g/mol. The summed E-state index contributed by atoms with van der Waals surface area (Å²) in [6.07, 6.45) is 0. The lowest BCUT2D eigenvalue weighted by atomic mass is 10.1. The van der Waals surface area contributed by atoms with E-state index in [2.05, 4.69) is 91.0 Å². The van der Waals surface area contributed by atoms with E-state index in [1.807, 2.05) is 0 Å². The minimum absolute atomic E-state index is 0. The molecule has 0 radical (unpaired) electrons. The second-order valence-electron chi connectivity index (χ2n) is 5.22. The van der Waals surface area contributed by atoms with Crippen LogP contribution in [0.1, 0.15) is 0 Å². The maximum atomic E-state index is 2.19. The highest BCUT2D eigenvalue weighted by atomic mass is 35.5. The molecule has 4 rings (SSSR count). The van der Waals surface area contributed by atoms with E-state index < -0.39 is 0 Å². The molecule has 0 saturated heterocycles. The Morgan fingerprint density at radius 2 is 0.818 bits per heavy atom. The molecule has 0 aromatic heterocycles. The molecule has 0 unspecified atom stereocenters. The quantitative estimate of drug-likeness (QED) is 0.511. The van der Waals surface area contributed by atoms with E-state index in [0.29, 0.717) is 0 Å². The van der Waals surface area contributed by atoms with Crippen molar-refractivity contribution in [2.75, 3.05) is 0 Å². The van der Waals surface area contributed by atoms with Crippen LogP contribution < -0.4 is 12.4 Å². The fourth-order valence-corrected chi connectivity index (χ4v) is 2.87. The van der Waals surface area contributed by atoms with Crippen LogP contribution in [0.25, 0.3) is 33.4 Å². The molecule has 0 spiro atoms. The van der Waals surface area contributed by atoms with Gasteiger partial charge in [0.25, 0.3) is 0 Å². The standard InChI is InChI=1S/C21H15.ClH/c1-4-10-16(11-5-1)19-20(17-12-6-2-7-13-17)21(19)18-14-8-3-9-15-18;/h1-15H;1H/q+1;/p-1. The van der Waals surface area contributed by atoms with Gasteiger partial charge in [-0.05, 0) is 48.5 Å². The molecule has 106 valence electrons. The van der Waals surface area contributed by atoms with Gasteiger partial charge in [-0.2, -0.15) is 0 Å². The van der Waals surface area contributed by atoms with Crippen molar-refractivity contribution in [3.8, 4) is 33.4 Å². The first-order valence-electron chi connectivity index (χ1n) is 7.23. The molecule has 0 fully saturated rings. The first kappa shape index (κ1) is 14.5. The third-order valence-corrected chi connectivity index (χ3v) is 3.87. The highest BCUT2D eigenvalue weighted by Crippen LogP contribution is 2.54. The molecule has 0 bridgehead atoms. The molecule has 22 heavy (non-hydrogen) atoms. The van der Waals surface area contributed by atoms with Crippen LogP contribution in [-0.4, -0.2) is 0 Å². The van der Waals surface area contributed by atoms with E-state index in [9.17, 15) is 0 Å². The van der Waals surface area contributed by atoms with Gasteiger partial charge in [0.05, 0.1) is 16.7 Å². The second-order valence-corrected chi connectivity index (χ2v) is 5.22. The van der Waals surface area contributed by atoms with E-state index in [1.54, 1.807) is 0 Å². The molecule has 0 N–H and O–H groups in total. The van der Waals surface area contributed by atoms with Gasteiger partial charge in [-0.15, -0.1) is 0 Å². The molecular formula is C21H15Cl. The summed E-state index contributed by atoms with van der Waals surface area (Å²) >= 11 is 0. The zero-order valence-electron chi connectivity index (χ0n) is 12.0. The van der Waals surface area contributed by atoms with Crippen LogP contribution in [0.5, 0.6) is 0 Å². The van der Waals surface area contributed by atoms with E-state index in [-0.39, 0.29) is 12.4 Å². The Kier molecular flexibility index (Phi) is 4.04. The summed E-state index contributed by atoms with van der Waals surface area (Å²) in [5.41, 5.74) is 8.05. The smallest absolute Gasteiger partial charge is 0.120 e. The van der Waals surface area contributed by atoms with Crippen molar-refractivity contribution in [3.63, 3.8) is 0 Å². The van der Waals surface area contributed by atoms with Crippen LogP contribution in [0, 0.1) is 0 Å². The third-order valence-electron chi connectivity index (χ3n) is 3.87. The minimum atomic E-state index is 0. The van der Waals surface area contributed by atoms with Gasteiger partial charge in [-0.1, -0.05) is 42.5 Å². The van der Waals surface area contributed by atoms with Crippen molar-refractivity contribution >= 4 is 0 Å². The van der Waals surface area contributed by atoms with E-state index in [0.717, 1.165) is 0 Å². The minimum Gasteiger partial charge on any atom is -1.00 e. The lowest BCUT2D eigenvalue weighted by molar-refractivity contribution is -0.00000394. The first-order chi connectivity index (χ1) is 10.4. The van der Waals surface area contributed by atoms with Crippen molar-refractivity contribution in [2.24, 2.45) is 0 Å². The number of hydrogen-bond donors (Lipinski definition) is 0. The normalized spacial score (nSPS) is 10.4. The van der Waals surface area contributed by atoms with Gasteiger partial charge in [-0.25, -0.2) is 0 Å². The number of hydrogen-bond acceptors (Lipinski definition) is 0. The zero-order chi connectivity index (χ0) is 14.1. The maximum Gasteiger partial charge on any atom is 0.120 e. The zero-order valence-corrected chi connectivity index (χ0v) is 12.8. The van der Waals surface area contributed by atoms with Gasteiger partial charge < -0.3 is 12.4 Å². The summed E-state index contributed by atoms with van der Waals surface area (Å²) < 4.78 is 0. The largest absolute Gasteiger partial charge is 1.00 e. The van der Waals surface area contributed by atoms with Gasteiger partial charge in [-0.3, -0.25) is 0 Å². The molecule has 0 nitrogen and oxygen atoms in total. The van der Waals surface area contributed by atoms with Gasteiger partial charge in [0, 0.05) is 0 Å². The van der Waals surface area contributed by atoms with E-state index in [4.69, 9.17) is 0 Å². The molecule has 4 aromatic rings. The van der Waals surface area contributed by atoms with Crippen molar-refractivity contribution in [3.05, 3.63) is 91.0 Å². The Hall–Kier alpha value is -2.44. The predicted octanol–water partition coefficient (Wildman–Crippen LogP) is 2.85. The summed E-state index contributed by atoms with van der Waals surface area (Å²) in [6.45, 7) is 0. The maximum absolute atomic E-state index is 2.19. The highest BCUT2D eigenvalue weighted by Gasteiger charge is 2.37. The number of rotatable bonds is 3. The lowest BCUT2D eigenvalue weighted by Gasteiger charge is -1.87. The second kappa shape index (κ2) is 6.13. The SMILES string of the molecule is [Cl-].c1ccc(-c2c(-c3ccccc3)[c+]2-c2ccccc2)cc1. The average Bonchev–Trinajstić information content (AvgIpc) is 3.33. The molecule has 0 aliphatic carbocycles. The number of benzene rings is 3. The topological polar surface area (TPSA) is 0 Å². The third kappa shape index (κ3) is 2.54. The Morgan fingerprint density at radius 1 is 0.455 bits per heavy atom. The Morgan fingerprint density at radius 3 is 1.23 bits per heavy atom. The predicted molar refractivity (Wildman–Crippen MR) is 89.5 cm³/mol. The summed E-state index contributed by atoms with van der Waals surface area (Å²) in [5.74, 6) is 0. The fourth-order valence-electron chi connectivity index (χ4n) is 2.87. The molecule has 1 heteroatoms. The number of halogens is 1. The summed E-state index contributed by atoms with van der Waals surface area (Å²) in [7, 11) is 0. The summed E-state index contributed by atoms with van der Waals surface area (Å²) in [4.78, 5) is 0. The van der Waals surface area contributed by atoms with E-state index >= 15 is 0 Å². The fraction of sp³-hybridized carbons (Fsp3) is 0. The molecule has 0 amide bonds. The monoisotopic (exact) mass is 302 g/mol.